The van der Waals surface area contributed by atoms with Crippen molar-refractivity contribution in [3.63, 3.8) is 0 Å². The summed E-state index contributed by atoms with van der Waals surface area (Å²) in [5, 5.41) is 66.8. The SMILES string of the molecule is CC(=O)O.CC(=O)O.CC(=O)O.CC(=O)O.CC(=O)O.CC(=O)[O-].CC(=O)[O-].CC(=O)[O-].NCCNCCN.[Na+].[Na+].[Na+]. The summed E-state index contributed by atoms with van der Waals surface area (Å²) in [6, 6.07) is 0. The van der Waals surface area contributed by atoms with Gasteiger partial charge in [0.2, 0.25) is 0 Å². The summed E-state index contributed by atoms with van der Waals surface area (Å²) >= 11 is 0. The molecule has 22 heteroatoms. The molecule has 0 saturated carbocycles. The molecule has 0 amide bonds. The Labute approximate surface area is 311 Å². The van der Waals surface area contributed by atoms with Gasteiger partial charge in [-0.05, 0) is 20.8 Å². The minimum atomic E-state index is -1.08. The van der Waals surface area contributed by atoms with Gasteiger partial charge in [0.15, 0.2) is 0 Å². The molecule has 0 aromatic carbocycles. The van der Waals surface area contributed by atoms with Crippen LogP contribution in [0, 0.1) is 0 Å². The van der Waals surface area contributed by atoms with Crippen LogP contribution in [-0.4, -0.2) is 99.5 Å². The van der Waals surface area contributed by atoms with Gasteiger partial charge in [-0.2, -0.15) is 0 Å². The van der Waals surface area contributed by atoms with E-state index in [0.717, 1.165) is 68.5 Å². The van der Waals surface area contributed by atoms with Crippen molar-refractivity contribution < 1.29 is 168 Å². The van der Waals surface area contributed by atoms with Gasteiger partial charge < -0.3 is 72.0 Å². The van der Waals surface area contributed by atoms with Crippen molar-refractivity contribution >= 4 is 47.8 Å². The summed E-state index contributed by atoms with van der Waals surface area (Å²) in [6.07, 6.45) is 0. The van der Waals surface area contributed by atoms with Gasteiger partial charge in [0.25, 0.3) is 29.8 Å². The fourth-order valence-electron chi connectivity index (χ4n) is 0.329. The van der Waals surface area contributed by atoms with Gasteiger partial charge in [0.05, 0.1) is 0 Å². The van der Waals surface area contributed by atoms with E-state index < -0.39 is 47.8 Å². The van der Waals surface area contributed by atoms with Crippen LogP contribution in [0.5, 0.6) is 0 Å². The third-order valence-electron chi connectivity index (χ3n) is 0.642. The molecule has 0 rings (SSSR count). The average molecular weight is 650 g/mol. The Morgan fingerprint density at radius 3 is 0.571 bits per heavy atom. The predicted octanol–water partition coefficient (Wildman–Crippen LogP) is -13.8. The Morgan fingerprint density at radius 2 is 0.524 bits per heavy atom. The Bertz CT molecular complexity index is 462. The van der Waals surface area contributed by atoms with E-state index in [4.69, 9.17) is 90.7 Å². The first kappa shape index (κ1) is 77.9. The first-order valence-corrected chi connectivity index (χ1v) is 9.89. The molecule has 0 heterocycles. The molecule has 0 aliphatic rings. The van der Waals surface area contributed by atoms with E-state index in [1.807, 2.05) is 0 Å². The van der Waals surface area contributed by atoms with Gasteiger partial charge in [-0.15, -0.1) is 0 Å². The molecule has 0 atom stereocenters. The predicted molar refractivity (Wildman–Crippen MR) is 130 cm³/mol. The van der Waals surface area contributed by atoms with Gasteiger partial charge >= 0.3 is 88.7 Å². The fourth-order valence-corrected chi connectivity index (χ4v) is 0.329. The Hall–Kier alpha value is -1.36. The van der Waals surface area contributed by atoms with E-state index in [0.29, 0.717) is 13.1 Å². The second kappa shape index (κ2) is 77.5. The molecule has 0 spiro atoms. The third kappa shape index (κ3) is 7850. The Morgan fingerprint density at radius 1 is 0.452 bits per heavy atom. The number of hydrogen-bond donors (Lipinski definition) is 8. The summed E-state index contributed by atoms with van der Waals surface area (Å²) in [4.78, 5) is 71.7. The van der Waals surface area contributed by atoms with Crippen LogP contribution in [0.1, 0.15) is 55.4 Å². The number of carboxylic acids is 8. The van der Waals surface area contributed by atoms with Gasteiger partial charge in [-0.1, -0.05) is 0 Å². The van der Waals surface area contributed by atoms with E-state index in [-0.39, 0.29) is 88.7 Å². The monoisotopic (exact) mass is 649 g/mol. The number of carboxylic acid groups (broad SMARTS) is 8. The second-order valence-electron chi connectivity index (χ2n) is 5.40. The Kier molecular flexibility index (Phi) is 144. The number of aliphatic carboxylic acids is 8. The molecule has 0 fully saturated rings. The molecule has 0 aromatic heterocycles. The zero-order valence-corrected chi connectivity index (χ0v) is 32.2. The number of carbonyl (C=O) groups is 8. The maximum Gasteiger partial charge on any atom is 1.00 e. The topological polar surface area (TPSA) is 371 Å². The van der Waals surface area contributed by atoms with Crippen LogP contribution in [0.3, 0.4) is 0 Å². The van der Waals surface area contributed by atoms with Crippen molar-refractivity contribution in [3.05, 3.63) is 0 Å². The van der Waals surface area contributed by atoms with Crippen LogP contribution in [0.25, 0.3) is 0 Å². The number of nitrogens with two attached hydrogens (primary N) is 2. The van der Waals surface area contributed by atoms with E-state index in [1.165, 1.54) is 0 Å². The molecule has 0 radical (unpaired) electrons. The van der Waals surface area contributed by atoms with Crippen molar-refractivity contribution in [1.29, 1.82) is 0 Å². The van der Waals surface area contributed by atoms with E-state index in [1.54, 1.807) is 0 Å². The maximum atomic E-state index is 9.00. The summed E-state index contributed by atoms with van der Waals surface area (Å²) in [7, 11) is 0. The second-order valence-corrected chi connectivity index (χ2v) is 5.40. The summed E-state index contributed by atoms with van der Waals surface area (Å²) in [6.45, 7) is 11.5. The van der Waals surface area contributed by atoms with E-state index >= 15 is 0 Å². The van der Waals surface area contributed by atoms with Crippen LogP contribution >= 0.6 is 0 Å². The van der Waals surface area contributed by atoms with Gasteiger partial charge in [0, 0.05) is 78.7 Å². The Balaban J connectivity index is -0.0000000241. The molecule has 0 unspecified atom stereocenters. The van der Waals surface area contributed by atoms with E-state index in [2.05, 4.69) is 5.32 Å². The van der Waals surface area contributed by atoms with Crippen LogP contribution in [-0.2, 0) is 38.4 Å². The smallest absolute Gasteiger partial charge is 0.550 e. The van der Waals surface area contributed by atoms with Crippen LogP contribution in [0.4, 0.5) is 0 Å². The molecule has 236 valence electrons. The maximum absolute atomic E-state index is 9.00. The molecule has 10 N–H and O–H groups in total. The number of carbonyl (C=O) groups excluding carboxylic acids is 3. The minimum Gasteiger partial charge on any atom is -0.550 e. The van der Waals surface area contributed by atoms with Gasteiger partial charge in [-0.3, -0.25) is 24.0 Å². The van der Waals surface area contributed by atoms with Crippen molar-refractivity contribution in [3.8, 4) is 0 Å². The summed E-state index contributed by atoms with van der Waals surface area (Å²) < 4.78 is 0. The standard InChI is InChI=1S/C4H13N3.8C2H4O2.3Na/c5-1-3-7-4-2-6;8*1-2(3)4;;;/h7H,1-6H2;8*1H3,(H,3,4);;;/q;;;;;;;;;3*+1/p-3. The first-order chi connectivity index (χ1) is 17.3. The quantitative estimate of drug-likeness (QED) is 0.103. The van der Waals surface area contributed by atoms with Gasteiger partial charge in [0.1, 0.15) is 0 Å². The molecule has 0 aliphatic carbocycles. The fraction of sp³-hybridized carbons (Fsp3) is 0.600. The van der Waals surface area contributed by atoms with Crippen LogP contribution < -0.4 is 121 Å². The molecule has 0 aliphatic heterocycles. The van der Waals surface area contributed by atoms with Crippen LogP contribution in [0.15, 0.2) is 0 Å². The molecule has 42 heavy (non-hydrogen) atoms. The molecular weight excluding hydrogens is 607 g/mol. The zero-order valence-electron chi connectivity index (χ0n) is 26.2. The van der Waals surface area contributed by atoms with Crippen LogP contribution in [0.2, 0.25) is 0 Å². The van der Waals surface area contributed by atoms with Gasteiger partial charge in [-0.25, -0.2) is 0 Å². The van der Waals surface area contributed by atoms with E-state index in [9.17, 15) is 0 Å². The zero-order chi connectivity index (χ0) is 34.2. The average Bonchev–Trinajstić information content (AvgIpc) is 2.58. The minimum absolute atomic E-state index is 0. The van der Waals surface area contributed by atoms with Crippen molar-refractivity contribution in [1.82, 2.24) is 5.32 Å². The molecule has 0 aromatic rings. The third-order valence-corrected chi connectivity index (χ3v) is 0.642. The molecule has 0 saturated heterocycles. The summed E-state index contributed by atoms with van der Waals surface area (Å²) in [5.74, 6) is -7.42. The van der Waals surface area contributed by atoms with Crippen molar-refractivity contribution in [2.24, 2.45) is 11.5 Å². The number of hydrogen-bond acceptors (Lipinski definition) is 14. The first-order valence-electron chi connectivity index (χ1n) is 9.89. The summed E-state index contributed by atoms with van der Waals surface area (Å²) in [5.41, 5.74) is 10.3. The number of nitrogens with one attached hydrogen (secondary N) is 1. The molecule has 0 bridgehead atoms. The molecular formula is C20H42N3Na3O16. The largest absolute Gasteiger partial charge is 1.00 e. The number of rotatable bonds is 4. The molecule has 19 nitrogen and oxygen atoms in total. The van der Waals surface area contributed by atoms with Crippen molar-refractivity contribution in [2.75, 3.05) is 26.2 Å². The normalized spacial score (nSPS) is 6.33. The van der Waals surface area contributed by atoms with Crippen molar-refractivity contribution in [2.45, 2.75) is 55.4 Å².